The molecule has 1 saturated carbocycles. The van der Waals surface area contributed by atoms with Gasteiger partial charge in [-0.05, 0) is 36.8 Å². The first-order chi connectivity index (χ1) is 12.7. The summed E-state index contributed by atoms with van der Waals surface area (Å²) in [4.78, 5) is 17.4. The van der Waals surface area contributed by atoms with E-state index in [2.05, 4.69) is 17.2 Å². The van der Waals surface area contributed by atoms with Gasteiger partial charge in [-0.15, -0.1) is 12.4 Å². The van der Waals surface area contributed by atoms with Crippen molar-refractivity contribution in [2.75, 3.05) is 13.7 Å². The molecule has 1 fully saturated rings. The third-order valence-electron chi connectivity index (χ3n) is 5.37. The molecule has 2 rings (SSSR count). The van der Waals surface area contributed by atoms with Gasteiger partial charge in [-0.2, -0.15) is 0 Å². The first kappa shape index (κ1) is 23.8. The van der Waals surface area contributed by atoms with Crippen LogP contribution in [0, 0.1) is 11.8 Å². The van der Waals surface area contributed by atoms with E-state index in [0.717, 1.165) is 18.8 Å². The Bertz CT molecular complexity index is 563. The number of hydrogen-bond acceptors (Lipinski definition) is 4. The van der Waals surface area contributed by atoms with Gasteiger partial charge in [0.1, 0.15) is 5.92 Å². The standard InChI is InChI=1S/C21H32N2O2S.ClH/c1-3-4-5-8-16-10-12-17(13-11-16)15-25-21(24)19(20(26)22-2)18-9-6-7-14-23-18;/h6-7,9,14,16-17,19H,3-5,8,10-13,15H2,1-2H3,(H,22,26);1H/t16-,17-,19?;. The minimum Gasteiger partial charge on any atom is -0.465 e. The van der Waals surface area contributed by atoms with Crippen LogP contribution in [0.3, 0.4) is 0 Å². The van der Waals surface area contributed by atoms with E-state index in [4.69, 9.17) is 17.0 Å². The van der Waals surface area contributed by atoms with Gasteiger partial charge in [0.25, 0.3) is 0 Å². The summed E-state index contributed by atoms with van der Waals surface area (Å²) in [6, 6.07) is 5.51. The van der Waals surface area contributed by atoms with Crippen LogP contribution in [0.25, 0.3) is 0 Å². The monoisotopic (exact) mass is 412 g/mol. The highest BCUT2D eigenvalue weighted by Crippen LogP contribution is 2.32. The van der Waals surface area contributed by atoms with Crippen molar-refractivity contribution in [3.63, 3.8) is 0 Å². The molecule has 1 heterocycles. The maximum atomic E-state index is 12.6. The van der Waals surface area contributed by atoms with Crippen molar-refractivity contribution in [1.82, 2.24) is 10.3 Å². The van der Waals surface area contributed by atoms with E-state index in [-0.39, 0.29) is 18.4 Å². The number of hydrogen-bond donors (Lipinski definition) is 1. The largest absolute Gasteiger partial charge is 0.465 e. The molecule has 4 nitrogen and oxygen atoms in total. The molecule has 0 saturated heterocycles. The van der Waals surface area contributed by atoms with E-state index < -0.39 is 5.92 Å². The fourth-order valence-electron chi connectivity index (χ4n) is 3.71. The molecule has 0 aliphatic heterocycles. The molecule has 6 heteroatoms. The number of thiocarbonyl (C=S) groups is 1. The van der Waals surface area contributed by atoms with E-state index >= 15 is 0 Å². The number of esters is 1. The molecule has 1 aliphatic carbocycles. The summed E-state index contributed by atoms with van der Waals surface area (Å²) in [6.45, 7) is 2.75. The normalized spacial score (nSPS) is 20.2. The lowest BCUT2D eigenvalue weighted by Gasteiger charge is -2.28. The van der Waals surface area contributed by atoms with Crippen molar-refractivity contribution in [2.45, 2.75) is 64.2 Å². The third-order valence-corrected chi connectivity index (χ3v) is 5.81. The summed E-state index contributed by atoms with van der Waals surface area (Å²) in [6.07, 6.45) is 11.9. The molecule has 0 aromatic carbocycles. The number of ether oxygens (including phenoxy) is 1. The van der Waals surface area contributed by atoms with Crippen molar-refractivity contribution in [3.05, 3.63) is 30.1 Å². The second-order valence-electron chi connectivity index (χ2n) is 7.31. The van der Waals surface area contributed by atoms with Crippen LogP contribution in [-0.2, 0) is 9.53 Å². The summed E-state index contributed by atoms with van der Waals surface area (Å²) in [5.41, 5.74) is 0.636. The van der Waals surface area contributed by atoms with Crippen LogP contribution >= 0.6 is 24.6 Å². The van der Waals surface area contributed by atoms with Crippen LogP contribution in [-0.4, -0.2) is 29.6 Å². The Morgan fingerprint density at radius 1 is 1.26 bits per heavy atom. The number of carbonyl (C=O) groups excluding carboxylic acids is 1. The summed E-state index contributed by atoms with van der Waals surface area (Å²) < 4.78 is 5.65. The van der Waals surface area contributed by atoms with Gasteiger partial charge in [0.15, 0.2) is 0 Å². The van der Waals surface area contributed by atoms with Gasteiger partial charge < -0.3 is 10.1 Å². The molecule has 0 amide bonds. The lowest BCUT2D eigenvalue weighted by molar-refractivity contribution is -0.145. The quantitative estimate of drug-likeness (QED) is 0.349. The molecule has 1 N–H and O–H groups in total. The number of nitrogens with zero attached hydrogens (tertiary/aromatic N) is 1. The highest BCUT2D eigenvalue weighted by molar-refractivity contribution is 7.80. The number of unbranched alkanes of at least 4 members (excludes halogenated alkanes) is 2. The second-order valence-corrected chi connectivity index (χ2v) is 7.75. The van der Waals surface area contributed by atoms with Crippen LogP contribution in [0.2, 0.25) is 0 Å². The molecule has 152 valence electrons. The van der Waals surface area contributed by atoms with Crippen molar-refractivity contribution < 1.29 is 9.53 Å². The van der Waals surface area contributed by atoms with Gasteiger partial charge in [0.05, 0.1) is 17.3 Å². The van der Waals surface area contributed by atoms with Crippen LogP contribution in [0.4, 0.5) is 0 Å². The topological polar surface area (TPSA) is 51.2 Å². The molecule has 1 unspecified atom stereocenters. The van der Waals surface area contributed by atoms with E-state index in [0.29, 0.717) is 23.2 Å². The minimum absolute atomic E-state index is 0. The van der Waals surface area contributed by atoms with Crippen LogP contribution < -0.4 is 5.32 Å². The van der Waals surface area contributed by atoms with E-state index in [1.54, 1.807) is 13.2 Å². The molecule has 1 aromatic rings. The Morgan fingerprint density at radius 2 is 1.96 bits per heavy atom. The van der Waals surface area contributed by atoms with Crippen molar-refractivity contribution in [1.29, 1.82) is 0 Å². The Hall–Kier alpha value is -1.20. The molecular weight excluding hydrogens is 380 g/mol. The summed E-state index contributed by atoms with van der Waals surface area (Å²) in [7, 11) is 1.73. The van der Waals surface area contributed by atoms with Gasteiger partial charge in [-0.25, -0.2) is 0 Å². The SMILES string of the molecule is CCCCC[C@H]1CC[C@H](COC(=O)C(C(=S)NC)c2ccccn2)CC1.Cl. The first-order valence-corrected chi connectivity index (χ1v) is 10.4. The zero-order valence-electron chi connectivity index (χ0n) is 16.5. The number of pyridine rings is 1. The van der Waals surface area contributed by atoms with Crippen molar-refractivity contribution in [3.8, 4) is 0 Å². The van der Waals surface area contributed by atoms with Crippen molar-refractivity contribution >= 4 is 35.6 Å². The highest BCUT2D eigenvalue weighted by atomic mass is 35.5. The van der Waals surface area contributed by atoms with Crippen molar-refractivity contribution in [2.24, 2.45) is 11.8 Å². The number of rotatable bonds is 9. The summed E-state index contributed by atoms with van der Waals surface area (Å²) in [5.74, 6) is 0.426. The highest BCUT2D eigenvalue weighted by Gasteiger charge is 2.29. The van der Waals surface area contributed by atoms with E-state index in [1.165, 1.54) is 38.5 Å². The second kappa shape index (κ2) is 13.1. The molecule has 1 aliphatic rings. The van der Waals surface area contributed by atoms with E-state index in [1.807, 2.05) is 18.2 Å². The fourth-order valence-corrected chi connectivity index (χ4v) is 3.92. The summed E-state index contributed by atoms with van der Waals surface area (Å²) in [5, 5.41) is 2.90. The number of likely N-dealkylation sites (N-methyl/N-ethyl adjacent to an activating group) is 1. The van der Waals surface area contributed by atoms with Gasteiger partial charge in [-0.1, -0.05) is 63.7 Å². The van der Waals surface area contributed by atoms with Crippen LogP contribution in [0.5, 0.6) is 0 Å². The predicted octanol–water partition coefficient (Wildman–Crippen LogP) is 5.06. The molecule has 27 heavy (non-hydrogen) atoms. The number of aromatic nitrogens is 1. The molecule has 0 radical (unpaired) electrons. The van der Waals surface area contributed by atoms with Crippen LogP contribution in [0.15, 0.2) is 24.4 Å². The molecule has 0 bridgehead atoms. The zero-order valence-corrected chi connectivity index (χ0v) is 18.1. The Morgan fingerprint density at radius 3 is 2.56 bits per heavy atom. The zero-order chi connectivity index (χ0) is 18.8. The van der Waals surface area contributed by atoms with E-state index in [9.17, 15) is 4.79 Å². The molecule has 0 spiro atoms. The van der Waals surface area contributed by atoms with Gasteiger partial charge in [0, 0.05) is 13.2 Å². The lowest BCUT2D eigenvalue weighted by Crippen LogP contribution is -2.32. The average molecular weight is 413 g/mol. The average Bonchev–Trinajstić information content (AvgIpc) is 2.68. The van der Waals surface area contributed by atoms with Gasteiger partial charge in [-0.3, -0.25) is 9.78 Å². The van der Waals surface area contributed by atoms with Gasteiger partial charge >= 0.3 is 5.97 Å². The summed E-state index contributed by atoms with van der Waals surface area (Å²) >= 11 is 5.32. The smallest absolute Gasteiger partial charge is 0.322 e. The predicted molar refractivity (Wildman–Crippen MR) is 116 cm³/mol. The Balaban J connectivity index is 0.00000364. The molecule has 1 atom stereocenters. The number of nitrogens with one attached hydrogen (secondary N) is 1. The Kier molecular flexibility index (Phi) is 11.5. The third kappa shape index (κ3) is 7.74. The fraction of sp³-hybridized carbons (Fsp3) is 0.667. The molecular formula is C21H33ClN2O2S. The van der Waals surface area contributed by atoms with Crippen LogP contribution in [0.1, 0.15) is 69.9 Å². The number of halogens is 1. The molecule has 1 aromatic heterocycles. The van der Waals surface area contributed by atoms with Gasteiger partial charge in [0.2, 0.25) is 0 Å². The first-order valence-electron chi connectivity index (χ1n) is 9.94. The number of carbonyl (C=O) groups is 1. The minimum atomic E-state index is -0.624. The Labute approximate surface area is 175 Å². The maximum Gasteiger partial charge on any atom is 0.322 e. The lowest BCUT2D eigenvalue weighted by atomic mass is 9.80. The maximum absolute atomic E-state index is 12.6.